The SMILES string of the molecule is CCCCCCCCCCCCCCCCCCC(C)(C)C(C)(C)C(C)(C(=O)O)C1CCNCC1. The summed E-state index contributed by atoms with van der Waals surface area (Å²) in [5.74, 6) is -0.351. The summed E-state index contributed by atoms with van der Waals surface area (Å²) >= 11 is 0. The van der Waals surface area contributed by atoms with Crippen molar-refractivity contribution in [1.29, 1.82) is 0 Å². The van der Waals surface area contributed by atoms with Crippen LogP contribution in [0.1, 0.15) is 164 Å². The van der Waals surface area contributed by atoms with Gasteiger partial charge >= 0.3 is 5.97 Å². The maximum absolute atomic E-state index is 12.6. The molecular formula is C32H63NO2. The zero-order valence-electron chi connectivity index (χ0n) is 24.8. The van der Waals surface area contributed by atoms with Crippen LogP contribution in [-0.2, 0) is 4.79 Å². The van der Waals surface area contributed by atoms with E-state index >= 15 is 0 Å². The Morgan fingerprint density at radius 3 is 1.43 bits per heavy atom. The summed E-state index contributed by atoms with van der Waals surface area (Å²) in [7, 11) is 0. The van der Waals surface area contributed by atoms with Gasteiger partial charge in [0.1, 0.15) is 0 Å². The van der Waals surface area contributed by atoms with Crippen LogP contribution in [0.25, 0.3) is 0 Å². The fourth-order valence-corrected chi connectivity index (χ4v) is 6.48. The van der Waals surface area contributed by atoms with Gasteiger partial charge < -0.3 is 10.4 Å². The molecule has 1 aliphatic rings. The number of aliphatic carboxylic acids is 1. The van der Waals surface area contributed by atoms with Gasteiger partial charge in [-0.3, -0.25) is 4.79 Å². The smallest absolute Gasteiger partial charge is 0.310 e. The van der Waals surface area contributed by atoms with Crippen LogP contribution in [0.2, 0.25) is 0 Å². The van der Waals surface area contributed by atoms with E-state index < -0.39 is 11.4 Å². The predicted molar refractivity (Wildman–Crippen MR) is 153 cm³/mol. The molecule has 1 unspecified atom stereocenters. The quantitative estimate of drug-likeness (QED) is 0.156. The Labute approximate surface area is 220 Å². The van der Waals surface area contributed by atoms with Gasteiger partial charge in [0, 0.05) is 0 Å². The maximum atomic E-state index is 12.6. The van der Waals surface area contributed by atoms with Gasteiger partial charge in [0.15, 0.2) is 0 Å². The lowest BCUT2D eigenvalue weighted by Gasteiger charge is -2.55. The Kier molecular flexibility index (Phi) is 15.8. The van der Waals surface area contributed by atoms with Crippen molar-refractivity contribution in [3.05, 3.63) is 0 Å². The van der Waals surface area contributed by atoms with Gasteiger partial charge in [0.05, 0.1) is 5.41 Å². The van der Waals surface area contributed by atoms with E-state index in [2.05, 4.69) is 39.9 Å². The molecule has 0 aromatic heterocycles. The molecule has 1 heterocycles. The highest BCUT2D eigenvalue weighted by Gasteiger charge is 2.58. The van der Waals surface area contributed by atoms with Gasteiger partial charge in [-0.25, -0.2) is 0 Å². The van der Waals surface area contributed by atoms with Crippen LogP contribution >= 0.6 is 0 Å². The highest BCUT2D eigenvalue weighted by Crippen LogP contribution is 2.58. The number of carboxylic acid groups (broad SMARTS) is 1. The summed E-state index contributed by atoms with van der Waals surface area (Å²) in [4.78, 5) is 12.6. The summed E-state index contributed by atoms with van der Waals surface area (Å²) in [5.41, 5.74) is -0.946. The van der Waals surface area contributed by atoms with Gasteiger partial charge in [0.2, 0.25) is 0 Å². The second kappa shape index (κ2) is 17.0. The van der Waals surface area contributed by atoms with Gasteiger partial charge in [-0.2, -0.15) is 0 Å². The predicted octanol–water partition coefficient (Wildman–Crippen LogP) is 9.78. The molecule has 2 N–H and O–H groups in total. The molecule has 0 bridgehead atoms. The van der Waals surface area contributed by atoms with E-state index in [0.717, 1.165) is 32.4 Å². The number of rotatable bonds is 21. The van der Waals surface area contributed by atoms with Gasteiger partial charge in [-0.15, -0.1) is 0 Å². The van der Waals surface area contributed by atoms with Gasteiger partial charge in [0.25, 0.3) is 0 Å². The van der Waals surface area contributed by atoms with Crippen LogP contribution in [0.15, 0.2) is 0 Å². The third kappa shape index (κ3) is 10.4. The second-order valence-electron chi connectivity index (χ2n) is 13.1. The average Bonchev–Trinajstić information content (AvgIpc) is 2.83. The molecule has 1 saturated heterocycles. The highest BCUT2D eigenvalue weighted by molar-refractivity contribution is 5.76. The number of carboxylic acids is 1. The topological polar surface area (TPSA) is 49.3 Å². The molecule has 1 rings (SSSR count). The number of carbonyl (C=O) groups is 1. The van der Waals surface area contributed by atoms with E-state index in [-0.39, 0.29) is 16.7 Å². The van der Waals surface area contributed by atoms with Crippen LogP contribution in [0.5, 0.6) is 0 Å². The first-order valence-electron chi connectivity index (χ1n) is 15.6. The van der Waals surface area contributed by atoms with E-state index in [9.17, 15) is 9.90 Å². The van der Waals surface area contributed by atoms with Crippen molar-refractivity contribution in [1.82, 2.24) is 5.32 Å². The highest BCUT2D eigenvalue weighted by atomic mass is 16.4. The van der Waals surface area contributed by atoms with E-state index in [1.165, 1.54) is 103 Å². The summed E-state index contributed by atoms with van der Waals surface area (Å²) in [6.07, 6.45) is 25.3. The van der Waals surface area contributed by atoms with E-state index in [0.29, 0.717) is 0 Å². The number of nitrogens with one attached hydrogen (secondary N) is 1. The van der Waals surface area contributed by atoms with Crippen LogP contribution in [0.4, 0.5) is 0 Å². The molecule has 0 amide bonds. The van der Waals surface area contributed by atoms with Crippen molar-refractivity contribution in [3.8, 4) is 0 Å². The first-order chi connectivity index (χ1) is 16.6. The first-order valence-corrected chi connectivity index (χ1v) is 15.6. The maximum Gasteiger partial charge on any atom is 0.310 e. The monoisotopic (exact) mass is 493 g/mol. The Balaban J connectivity index is 2.21. The largest absolute Gasteiger partial charge is 0.481 e. The summed E-state index contributed by atoms with van der Waals surface area (Å²) in [6.45, 7) is 15.3. The number of hydrogen-bond donors (Lipinski definition) is 2. The number of piperidine rings is 1. The van der Waals surface area contributed by atoms with E-state index in [4.69, 9.17) is 0 Å². The Hall–Kier alpha value is -0.570. The normalized spacial score (nSPS) is 17.4. The van der Waals surface area contributed by atoms with E-state index in [1.807, 2.05) is 6.92 Å². The molecule has 1 aliphatic heterocycles. The minimum atomic E-state index is -0.687. The molecule has 1 atom stereocenters. The van der Waals surface area contributed by atoms with Gasteiger partial charge in [-0.05, 0) is 56.0 Å². The van der Waals surface area contributed by atoms with Crippen LogP contribution in [-0.4, -0.2) is 24.2 Å². The summed E-state index contributed by atoms with van der Waals surface area (Å²) in [6, 6.07) is 0. The Morgan fingerprint density at radius 2 is 1.06 bits per heavy atom. The lowest BCUT2D eigenvalue weighted by atomic mass is 9.48. The van der Waals surface area contributed by atoms with Crippen molar-refractivity contribution in [2.45, 2.75) is 164 Å². The Bertz CT molecular complexity index is 550. The number of hydrogen-bond acceptors (Lipinski definition) is 2. The molecule has 0 aromatic rings. The first kappa shape index (κ1) is 32.5. The zero-order chi connectivity index (χ0) is 26.2. The van der Waals surface area contributed by atoms with Crippen LogP contribution < -0.4 is 5.32 Å². The molecule has 0 spiro atoms. The molecule has 0 radical (unpaired) electrons. The Morgan fingerprint density at radius 1 is 0.686 bits per heavy atom. The molecule has 3 heteroatoms. The zero-order valence-corrected chi connectivity index (χ0v) is 24.8. The molecule has 208 valence electrons. The van der Waals surface area contributed by atoms with Gasteiger partial charge in [-0.1, -0.05) is 137 Å². The van der Waals surface area contributed by atoms with E-state index in [1.54, 1.807) is 0 Å². The molecule has 1 fully saturated rings. The standard InChI is InChI=1S/C32H63NO2/c1-7-8-9-10-11-12-13-14-15-16-17-18-19-20-21-22-25-30(2,3)31(4,5)32(6,29(34)35)28-23-26-33-27-24-28/h28,33H,7-27H2,1-6H3,(H,34,35). The average molecular weight is 494 g/mol. The third-order valence-corrected chi connectivity index (χ3v) is 10.2. The minimum Gasteiger partial charge on any atom is -0.481 e. The van der Waals surface area contributed by atoms with Crippen LogP contribution in [0.3, 0.4) is 0 Å². The molecule has 0 aromatic carbocycles. The van der Waals surface area contributed by atoms with Crippen LogP contribution in [0, 0.1) is 22.2 Å². The number of unbranched alkanes of at least 4 members (excludes halogenated alkanes) is 15. The molecule has 0 aliphatic carbocycles. The second-order valence-corrected chi connectivity index (χ2v) is 13.1. The summed E-state index contributed by atoms with van der Waals surface area (Å²) in [5, 5.41) is 13.8. The fourth-order valence-electron chi connectivity index (χ4n) is 6.48. The fraction of sp³-hybridized carbons (Fsp3) is 0.969. The lowest BCUT2D eigenvalue weighted by molar-refractivity contribution is -0.173. The van der Waals surface area contributed by atoms with Crippen molar-refractivity contribution in [2.24, 2.45) is 22.2 Å². The summed E-state index contributed by atoms with van der Waals surface area (Å²) < 4.78 is 0. The van der Waals surface area contributed by atoms with Crippen molar-refractivity contribution in [2.75, 3.05) is 13.1 Å². The van der Waals surface area contributed by atoms with Crippen molar-refractivity contribution >= 4 is 5.97 Å². The molecule has 35 heavy (non-hydrogen) atoms. The lowest BCUT2D eigenvalue weighted by Crippen LogP contribution is -2.56. The molecule has 3 nitrogen and oxygen atoms in total. The third-order valence-electron chi connectivity index (χ3n) is 10.2. The molecule has 0 saturated carbocycles. The van der Waals surface area contributed by atoms with Crippen molar-refractivity contribution < 1.29 is 9.90 Å². The van der Waals surface area contributed by atoms with Crippen molar-refractivity contribution in [3.63, 3.8) is 0 Å². The molecular weight excluding hydrogens is 430 g/mol. The minimum absolute atomic E-state index is 0.00101.